The zero-order valence-electron chi connectivity index (χ0n) is 15.4. The summed E-state index contributed by atoms with van der Waals surface area (Å²) in [6.07, 6.45) is 2.56. The van der Waals surface area contributed by atoms with Crippen molar-refractivity contribution < 1.29 is 9.53 Å². The van der Waals surface area contributed by atoms with Crippen LogP contribution in [0.3, 0.4) is 0 Å². The van der Waals surface area contributed by atoms with Gasteiger partial charge in [0.2, 0.25) is 0 Å². The van der Waals surface area contributed by atoms with E-state index in [2.05, 4.69) is 16.4 Å². The summed E-state index contributed by atoms with van der Waals surface area (Å²) in [6, 6.07) is 17.6. The van der Waals surface area contributed by atoms with E-state index in [-0.39, 0.29) is 5.91 Å². The third-order valence-electron chi connectivity index (χ3n) is 4.75. The van der Waals surface area contributed by atoms with Crippen molar-refractivity contribution in [2.24, 2.45) is 0 Å². The van der Waals surface area contributed by atoms with Gasteiger partial charge in [-0.1, -0.05) is 24.3 Å². The molecule has 1 amide bonds. The molecule has 5 nitrogen and oxygen atoms in total. The van der Waals surface area contributed by atoms with E-state index in [0.29, 0.717) is 12.2 Å². The molecule has 3 aromatic rings. The van der Waals surface area contributed by atoms with E-state index in [1.165, 1.54) is 5.56 Å². The molecule has 0 saturated carbocycles. The molecule has 0 spiro atoms. The molecule has 5 heteroatoms. The molecule has 136 valence electrons. The molecule has 1 aromatic heterocycles. The van der Waals surface area contributed by atoms with Crippen LogP contribution in [0.1, 0.15) is 21.6 Å². The van der Waals surface area contributed by atoms with Gasteiger partial charge in [0.25, 0.3) is 5.91 Å². The Bertz CT molecular complexity index is 983. The van der Waals surface area contributed by atoms with Crippen LogP contribution < -0.4 is 15.0 Å². The maximum Gasteiger partial charge on any atom is 0.276 e. The lowest BCUT2D eigenvalue weighted by atomic mass is 10.2. The number of methoxy groups -OCH3 is 1. The molecule has 1 aliphatic heterocycles. The van der Waals surface area contributed by atoms with Gasteiger partial charge < -0.3 is 15.0 Å². The van der Waals surface area contributed by atoms with Crippen molar-refractivity contribution in [2.45, 2.75) is 13.3 Å². The number of aryl methyl sites for hydroxylation is 1. The Hall–Kier alpha value is -3.34. The SMILES string of the molecule is COc1ccc(C)cc1Nc1ccc(C(=O)N2CCc3ccccc32)nc1. The molecule has 1 aliphatic rings. The average Bonchev–Trinajstić information content (AvgIpc) is 3.12. The Labute approximate surface area is 158 Å². The van der Waals surface area contributed by atoms with Gasteiger partial charge in [0.1, 0.15) is 11.4 Å². The quantitative estimate of drug-likeness (QED) is 0.753. The molecule has 0 aliphatic carbocycles. The minimum atomic E-state index is -0.0698. The number of fused-ring (bicyclic) bond motifs is 1. The van der Waals surface area contributed by atoms with E-state index in [1.807, 2.05) is 49.4 Å². The fraction of sp³-hybridized carbons (Fsp3) is 0.182. The summed E-state index contributed by atoms with van der Waals surface area (Å²) in [6.45, 7) is 2.72. The summed E-state index contributed by atoms with van der Waals surface area (Å²) in [5.74, 6) is 0.689. The summed E-state index contributed by atoms with van der Waals surface area (Å²) in [5, 5.41) is 3.30. The number of benzene rings is 2. The van der Waals surface area contributed by atoms with Crippen LogP contribution in [0.2, 0.25) is 0 Å². The number of pyridine rings is 1. The Morgan fingerprint density at radius 3 is 2.78 bits per heavy atom. The fourth-order valence-corrected chi connectivity index (χ4v) is 3.36. The van der Waals surface area contributed by atoms with Crippen LogP contribution in [-0.4, -0.2) is 24.5 Å². The number of nitrogens with zero attached hydrogens (tertiary/aromatic N) is 2. The molecular weight excluding hydrogens is 338 g/mol. The van der Waals surface area contributed by atoms with E-state index >= 15 is 0 Å². The lowest BCUT2D eigenvalue weighted by molar-refractivity contribution is 0.0984. The van der Waals surface area contributed by atoms with Crippen LogP contribution in [-0.2, 0) is 6.42 Å². The highest BCUT2D eigenvalue weighted by atomic mass is 16.5. The number of carbonyl (C=O) groups is 1. The van der Waals surface area contributed by atoms with E-state index in [1.54, 1.807) is 24.3 Å². The monoisotopic (exact) mass is 359 g/mol. The predicted molar refractivity (Wildman–Crippen MR) is 107 cm³/mol. The molecular formula is C22H21N3O2. The number of hydrogen-bond donors (Lipinski definition) is 1. The number of anilines is 3. The van der Waals surface area contributed by atoms with Gasteiger partial charge in [-0.05, 0) is 54.8 Å². The summed E-state index contributed by atoms with van der Waals surface area (Å²) >= 11 is 0. The lowest BCUT2D eigenvalue weighted by Gasteiger charge is -2.17. The second kappa shape index (κ2) is 7.11. The number of aromatic nitrogens is 1. The first-order valence-corrected chi connectivity index (χ1v) is 8.93. The van der Waals surface area contributed by atoms with Crippen LogP contribution >= 0.6 is 0 Å². The van der Waals surface area contributed by atoms with Gasteiger partial charge >= 0.3 is 0 Å². The average molecular weight is 359 g/mol. The minimum absolute atomic E-state index is 0.0698. The molecule has 2 aromatic carbocycles. The van der Waals surface area contributed by atoms with E-state index < -0.39 is 0 Å². The number of ether oxygens (including phenoxy) is 1. The van der Waals surface area contributed by atoms with Crippen LogP contribution in [0.4, 0.5) is 17.1 Å². The molecule has 2 heterocycles. The van der Waals surface area contributed by atoms with Gasteiger partial charge in [0, 0.05) is 12.2 Å². The maximum atomic E-state index is 12.8. The number of carbonyl (C=O) groups excluding carboxylic acids is 1. The Morgan fingerprint density at radius 1 is 1.15 bits per heavy atom. The molecule has 0 radical (unpaired) electrons. The van der Waals surface area contributed by atoms with Gasteiger partial charge in [-0.3, -0.25) is 4.79 Å². The minimum Gasteiger partial charge on any atom is -0.495 e. The Morgan fingerprint density at radius 2 is 2.00 bits per heavy atom. The number of hydrogen-bond acceptors (Lipinski definition) is 4. The highest BCUT2D eigenvalue weighted by Crippen LogP contribution is 2.30. The maximum absolute atomic E-state index is 12.8. The van der Waals surface area contributed by atoms with Gasteiger partial charge in [0.15, 0.2) is 0 Å². The molecule has 4 rings (SSSR count). The molecule has 1 N–H and O–H groups in total. The molecule has 0 bridgehead atoms. The first-order valence-electron chi connectivity index (χ1n) is 8.93. The summed E-state index contributed by atoms with van der Waals surface area (Å²) < 4.78 is 5.39. The number of rotatable bonds is 4. The predicted octanol–water partition coefficient (Wildman–Crippen LogP) is 4.35. The highest BCUT2D eigenvalue weighted by Gasteiger charge is 2.25. The van der Waals surface area contributed by atoms with Crippen molar-refractivity contribution in [3.8, 4) is 5.75 Å². The largest absolute Gasteiger partial charge is 0.495 e. The molecule has 0 saturated heterocycles. The van der Waals surface area contributed by atoms with Crippen LogP contribution in [0, 0.1) is 6.92 Å². The van der Waals surface area contributed by atoms with E-state index in [4.69, 9.17) is 4.74 Å². The zero-order chi connectivity index (χ0) is 18.8. The summed E-state index contributed by atoms with van der Waals surface area (Å²) in [5.41, 5.74) is 5.43. The fourth-order valence-electron chi connectivity index (χ4n) is 3.36. The van der Waals surface area contributed by atoms with Gasteiger partial charge in [-0.15, -0.1) is 0 Å². The standard InChI is InChI=1S/C22H21N3O2/c1-15-7-10-21(27-2)19(13-15)24-17-8-9-18(23-14-17)22(26)25-12-11-16-5-3-4-6-20(16)25/h3-10,13-14,24H,11-12H2,1-2H3. The van der Waals surface area contributed by atoms with Crippen molar-refractivity contribution in [3.63, 3.8) is 0 Å². The number of nitrogens with one attached hydrogen (secondary N) is 1. The molecule has 0 unspecified atom stereocenters. The molecule has 0 fully saturated rings. The Kier molecular flexibility index (Phi) is 4.50. The van der Waals surface area contributed by atoms with Crippen LogP contribution in [0.25, 0.3) is 0 Å². The van der Waals surface area contributed by atoms with Crippen molar-refractivity contribution in [1.29, 1.82) is 0 Å². The van der Waals surface area contributed by atoms with E-state index in [0.717, 1.165) is 34.8 Å². The second-order valence-electron chi connectivity index (χ2n) is 6.60. The van der Waals surface area contributed by atoms with Gasteiger partial charge in [0.05, 0.1) is 24.7 Å². The van der Waals surface area contributed by atoms with Crippen molar-refractivity contribution in [1.82, 2.24) is 4.98 Å². The zero-order valence-corrected chi connectivity index (χ0v) is 15.4. The number of para-hydroxylation sites is 1. The third-order valence-corrected chi connectivity index (χ3v) is 4.75. The lowest BCUT2D eigenvalue weighted by Crippen LogP contribution is -2.29. The summed E-state index contributed by atoms with van der Waals surface area (Å²) in [4.78, 5) is 19.0. The highest BCUT2D eigenvalue weighted by molar-refractivity contribution is 6.06. The van der Waals surface area contributed by atoms with Gasteiger partial charge in [-0.2, -0.15) is 0 Å². The second-order valence-corrected chi connectivity index (χ2v) is 6.60. The van der Waals surface area contributed by atoms with Gasteiger partial charge in [-0.25, -0.2) is 4.98 Å². The number of amides is 1. The first kappa shape index (κ1) is 17.1. The van der Waals surface area contributed by atoms with Crippen molar-refractivity contribution in [2.75, 3.05) is 23.9 Å². The normalized spacial score (nSPS) is 12.6. The Balaban J connectivity index is 1.53. The van der Waals surface area contributed by atoms with Crippen molar-refractivity contribution in [3.05, 3.63) is 77.6 Å². The molecule has 0 atom stereocenters. The smallest absolute Gasteiger partial charge is 0.276 e. The first-order chi connectivity index (χ1) is 13.2. The van der Waals surface area contributed by atoms with Crippen LogP contribution in [0.15, 0.2) is 60.8 Å². The summed E-state index contributed by atoms with van der Waals surface area (Å²) in [7, 11) is 1.64. The topological polar surface area (TPSA) is 54.5 Å². The van der Waals surface area contributed by atoms with Crippen LogP contribution in [0.5, 0.6) is 5.75 Å². The third kappa shape index (κ3) is 3.36. The van der Waals surface area contributed by atoms with Crippen molar-refractivity contribution >= 4 is 23.0 Å². The van der Waals surface area contributed by atoms with E-state index in [9.17, 15) is 4.79 Å². The molecule has 27 heavy (non-hydrogen) atoms.